The second-order valence-electron chi connectivity index (χ2n) is 6.12. The molecule has 0 bridgehead atoms. The molecule has 2 aliphatic rings. The van der Waals surface area contributed by atoms with Crippen LogP contribution in [0.1, 0.15) is 5.56 Å². The van der Waals surface area contributed by atoms with Gasteiger partial charge in [0.15, 0.2) is 0 Å². The van der Waals surface area contributed by atoms with Gasteiger partial charge in [-0.15, -0.1) is 0 Å². The van der Waals surface area contributed by atoms with Gasteiger partial charge in [-0.25, -0.2) is 5.84 Å². The molecule has 8 heteroatoms. The van der Waals surface area contributed by atoms with E-state index < -0.39 is 0 Å². The molecule has 2 fully saturated rings. The molecule has 1 aromatic carbocycles. The highest BCUT2D eigenvalue weighted by molar-refractivity contribution is 5.80. The fourth-order valence-corrected chi connectivity index (χ4v) is 3.18. The predicted molar refractivity (Wildman–Crippen MR) is 92.3 cm³/mol. The molecule has 0 aliphatic carbocycles. The molecule has 3 rings (SSSR count). The van der Waals surface area contributed by atoms with E-state index in [0.29, 0.717) is 19.1 Å². The summed E-state index contributed by atoms with van der Waals surface area (Å²) in [5, 5.41) is 4.71. The highest BCUT2D eigenvalue weighted by Gasteiger charge is 2.31. The molecule has 2 aliphatic heterocycles. The minimum absolute atomic E-state index is 0.154. The van der Waals surface area contributed by atoms with Crippen LogP contribution in [-0.2, 0) is 16.0 Å². The maximum atomic E-state index is 12.6. The van der Waals surface area contributed by atoms with Gasteiger partial charge >= 0.3 is 0 Å². The summed E-state index contributed by atoms with van der Waals surface area (Å²) in [4.78, 5) is 16.9. The zero-order chi connectivity index (χ0) is 16.9. The Balaban J connectivity index is 1.56. The molecule has 1 amide bonds. The lowest BCUT2D eigenvalue weighted by atomic mass is 10.1. The fourth-order valence-electron chi connectivity index (χ4n) is 3.18. The van der Waals surface area contributed by atoms with Gasteiger partial charge < -0.3 is 15.5 Å². The molecule has 0 spiro atoms. The second-order valence-corrected chi connectivity index (χ2v) is 6.12. The highest BCUT2D eigenvalue weighted by atomic mass is 16.5. The third-order valence-electron chi connectivity index (χ3n) is 4.57. The first-order valence-electron chi connectivity index (χ1n) is 8.13. The zero-order valence-electron chi connectivity index (χ0n) is 13.7. The lowest BCUT2D eigenvalue weighted by Gasteiger charge is -2.43. The van der Waals surface area contributed by atoms with Crippen LogP contribution in [0.3, 0.4) is 0 Å². The maximum absolute atomic E-state index is 12.6. The third kappa shape index (κ3) is 3.84. The van der Waals surface area contributed by atoms with Gasteiger partial charge in [-0.3, -0.25) is 14.7 Å². The first-order valence-corrected chi connectivity index (χ1v) is 8.13. The van der Waals surface area contributed by atoms with Crippen LogP contribution in [0.15, 0.2) is 29.4 Å². The first-order chi connectivity index (χ1) is 11.7. The molecule has 1 atom stereocenters. The largest absolute Gasteiger partial charge is 0.378 e. The lowest BCUT2D eigenvalue weighted by Crippen LogP contribution is -2.59. The number of fused-ring (bicyclic) bond motifs is 1. The predicted octanol–water partition coefficient (Wildman–Crippen LogP) is -0.646. The minimum Gasteiger partial charge on any atom is -0.378 e. The molecule has 0 radical (unpaired) electrons. The third-order valence-corrected chi connectivity index (χ3v) is 4.57. The summed E-state index contributed by atoms with van der Waals surface area (Å²) in [5.74, 6) is 11.0. The van der Waals surface area contributed by atoms with Gasteiger partial charge in [0.1, 0.15) is 6.34 Å². The zero-order valence-corrected chi connectivity index (χ0v) is 13.7. The fraction of sp³-hybridized carbons (Fsp3) is 0.500. The van der Waals surface area contributed by atoms with Crippen molar-refractivity contribution in [3.8, 4) is 0 Å². The van der Waals surface area contributed by atoms with E-state index in [9.17, 15) is 4.79 Å². The summed E-state index contributed by atoms with van der Waals surface area (Å²) < 4.78 is 5.53. The van der Waals surface area contributed by atoms with Crippen LogP contribution in [0.25, 0.3) is 0 Å². The van der Waals surface area contributed by atoms with Crippen LogP contribution in [0.2, 0.25) is 0 Å². The molecule has 2 heterocycles. The van der Waals surface area contributed by atoms with Crippen molar-refractivity contribution in [3.63, 3.8) is 0 Å². The number of morpholine rings is 1. The van der Waals surface area contributed by atoms with Crippen LogP contribution in [0.4, 0.5) is 5.69 Å². The number of hydrogen-bond acceptors (Lipinski definition) is 6. The van der Waals surface area contributed by atoms with E-state index in [1.807, 2.05) is 29.2 Å². The summed E-state index contributed by atoms with van der Waals surface area (Å²) in [7, 11) is 0. The van der Waals surface area contributed by atoms with E-state index in [-0.39, 0.29) is 5.91 Å². The van der Waals surface area contributed by atoms with E-state index in [0.717, 1.165) is 44.0 Å². The van der Waals surface area contributed by atoms with Crippen LogP contribution in [-0.4, -0.2) is 67.5 Å². The van der Waals surface area contributed by atoms with Gasteiger partial charge in [-0.05, 0) is 17.7 Å². The van der Waals surface area contributed by atoms with Crippen molar-refractivity contribution in [2.24, 2.45) is 16.8 Å². The molecule has 1 aromatic rings. The Hall–Kier alpha value is -2.16. The molecular formula is C16H24N6O2. The molecule has 24 heavy (non-hydrogen) atoms. The van der Waals surface area contributed by atoms with E-state index in [1.165, 1.54) is 11.3 Å². The van der Waals surface area contributed by atoms with Crippen LogP contribution < -0.4 is 16.7 Å². The number of hydrazine groups is 1. The smallest absolute Gasteiger partial charge is 0.227 e. The Bertz CT molecular complexity index is 591. The van der Waals surface area contributed by atoms with Gasteiger partial charge in [0.05, 0.1) is 31.4 Å². The van der Waals surface area contributed by atoms with Crippen molar-refractivity contribution in [3.05, 3.63) is 29.8 Å². The average molecular weight is 332 g/mol. The first kappa shape index (κ1) is 16.7. The Kier molecular flexibility index (Phi) is 5.29. The number of amides is 1. The normalized spacial score (nSPS) is 21.7. The number of ether oxygens (including phenoxy) is 1. The number of hydrogen-bond donors (Lipinski definition) is 2. The van der Waals surface area contributed by atoms with E-state index in [2.05, 4.69) is 10.0 Å². The number of piperazine rings is 1. The summed E-state index contributed by atoms with van der Waals surface area (Å²) in [5.41, 5.74) is 1.72. The van der Waals surface area contributed by atoms with Crippen molar-refractivity contribution >= 4 is 17.9 Å². The molecule has 0 aromatic heterocycles. The van der Waals surface area contributed by atoms with Gasteiger partial charge in [0, 0.05) is 26.2 Å². The van der Waals surface area contributed by atoms with Gasteiger partial charge in [0.2, 0.25) is 5.91 Å². The Morgan fingerprint density at radius 2 is 2.12 bits per heavy atom. The van der Waals surface area contributed by atoms with Gasteiger partial charge in [0.25, 0.3) is 0 Å². The van der Waals surface area contributed by atoms with E-state index >= 15 is 0 Å². The Labute approximate surface area is 141 Å². The number of carbonyl (C=O) groups excluding carboxylic acids is 1. The number of hydrazone groups is 1. The van der Waals surface area contributed by atoms with Crippen molar-refractivity contribution in [2.75, 3.05) is 44.4 Å². The Morgan fingerprint density at radius 3 is 2.88 bits per heavy atom. The van der Waals surface area contributed by atoms with Crippen molar-refractivity contribution in [1.82, 2.24) is 9.80 Å². The molecule has 0 saturated carbocycles. The number of carbonyl (C=O) groups is 1. The van der Waals surface area contributed by atoms with Crippen molar-refractivity contribution < 1.29 is 9.53 Å². The molecule has 1 unspecified atom stereocenters. The lowest BCUT2D eigenvalue weighted by molar-refractivity contribution is -0.136. The molecule has 2 saturated heterocycles. The number of nitrogens with two attached hydrogens (primary N) is 2. The molecule has 130 valence electrons. The summed E-state index contributed by atoms with van der Waals surface area (Å²) in [6, 6.07) is 7.82. The van der Waals surface area contributed by atoms with Crippen LogP contribution in [0, 0.1) is 0 Å². The summed E-state index contributed by atoms with van der Waals surface area (Å²) in [6.07, 6.45) is 1.72. The van der Waals surface area contributed by atoms with Crippen LogP contribution >= 0.6 is 0 Å². The molecule has 4 N–H and O–H groups in total. The van der Waals surface area contributed by atoms with Gasteiger partial charge in [-0.2, -0.15) is 5.10 Å². The highest BCUT2D eigenvalue weighted by Crippen LogP contribution is 2.16. The number of nitrogens with zero attached hydrogens (tertiary/aromatic N) is 4. The summed E-state index contributed by atoms with van der Waals surface area (Å²) >= 11 is 0. The van der Waals surface area contributed by atoms with Crippen LogP contribution in [0.5, 0.6) is 0 Å². The minimum atomic E-state index is 0.154. The number of benzene rings is 1. The van der Waals surface area contributed by atoms with Crippen molar-refractivity contribution in [2.45, 2.75) is 12.5 Å². The standard InChI is InChI=1S/C16H24N6O2/c17-19-12-22(18)14-3-1-13(2-4-14)9-16(23)21-6-5-20-7-8-24-11-15(20)10-21/h1-4,12,15H,5-11,17-18H2/b19-12-. The maximum Gasteiger partial charge on any atom is 0.227 e. The Morgan fingerprint density at radius 1 is 1.33 bits per heavy atom. The SMILES string of the molecule is N/N=C\N(N)c1ccc(CC(=O)N2CCN3CCOCC3C2)cc1. The number of anilines is 1. The average Bonchev–Trinajstić information content (AvgIpc) is 2.62. The molecular weight excluding hydrogens is 308 g/mol. The van der Waals surface area contributed by atoms with Gasteiger partial charge in [-0.1, -0.05) is 12.1 Å². The second kappa shape index (κ2) is 7.61. The van der Waals surface area contributed by atoms with E-state index in [4.69, 9.17) is 16.4 Å². The topological polar surface area (TPSA) is 100 Å². The monoisotopic (exact) mass is 332 g/mol. The summed E-state index contributed by atoms with van der Waals surface area (Å²) in [6.45, 7) is 4.95. The van der Waals surface area contributed by atoms with Crippen molar-refractivity contribution in [1.29, 1.82) is 0 Å². The van der Waals surface area contributed by atoms with E-state index in [1.54, 1.807) is 0 Å². The number of rotatable bonds is 4. The quantitative estimate of drug-likeness (QED) is 0.329. The molecule has 8 nitrogen and oxygen atoms in total.